The van der Waals surface area contributed by atoms with Gasteiger partial charge in [-0.2, -0.15) is 0 Å². The third-order valence-electron chi connectivity index (χ3n) is 3.12. The predicted octanol–water partition coefficient (Wildman–Crippen LogP) is 6.03. The van der Waals surface area contributed by atoms with E-state index in [0.717, 1.165) is 21.3 Å². The predicted molar refractivity (Wildman–Crippen MR) is 93.0 cm³/mol. The van der Waals surface area contributed by atoms with E-state index in [9.17, 15) is 0 Å². The fraction of sp³-hybridized carbons (Fsp3) is 0.333. The molecule has 0 fully saturated rings. The number of hydrogen-bond acceptors (Lipinski definition) is 3. The van der Waals surface area contributed by atoms with Gasteiger partial charge in [-0.1, -0.05) is 37.0 Å². The summed E-state index contributed by atoms with van der Waals surface area (Å²) in [6.07, 6.45) is 0. The zero-order chi connectivity index (χ0) is 15.7. The fourth-order valence-corrected chi connectivity index (χ4v) is 2.65. The number of aromatic nitrogens is 2. The Balaban J connectivity index is 2.46. The second kappa shape index (κ2) is 6.51. The smallest absolute Gasteiger partial charge is 0.138 e. The van der Waals surface area contributed by atoms with Crippen molar-refractivity contribution in [2.45, 2.75) is 33.6 Å². The van der Waals surface area contributed by atoms with Gasteiger partial charge in [0.2, 0.25) is 0 Å². The average molecular weight is 389 g/mol. The van der Waals surface area contributed by atoms with Gasteiger partial charge < -0.3 is 5.32 Å². The summed E-state index contributed by atoms with van der Waals surface area (Å²) in [5, 5.41) is 4.44. The monoisotopic (exact) mass is 387 g/mol. The summed E-state index contributed by atoms with van der Waals surface area (Å²) in [5.74, 6) is 1.61. The second-order valence-electron chi connectivity index (χ2n) is 5.21. The molecule has 6 heteroatoms. The molecule has 0 atom stereocenters. The first-order chi connectivity index (χ1) is 9.79. The second-order valence-corrected chi connectivity index (χ2v) is 6.83. The molecular formula is C15H16BrCl2N3. The molecule has 2 aromatic rings. The Morgan fingerprint density at radius 3 is 2.43 bits per heavy atom. The van der Waals surface area contributed by atoms with Crippen LogP contribution < -0.4 is 5.32 Å². The van der Waals surface area contributed by atoms with Crippen LogP contribution >= 0.6 is 39.1 Å². The summed E-state index contributed by atoms with van der Waals surface area (Å²) >= 11 is 15.9. The number of anilines is 2. The highest BCUT2D eigenvalue weighted by Crippen LogP contribution is 2.33. The van der Waals surface area contributed by atoms with Gasteiger partial charge in [0.15, 0.2) is 0 Å². The van der Waals surface area contributed by atoms with Crippen LogP contribution in [0.3, 0.4) is 0 Å². The lowest BCUT2D eigenvalue weighted by atomic mass is 10.2. The molecule has 1 heterocycles. The Kier molecular flexibility index (Phi) is 5.12. The molecule has 0 bridgehead atoms. The van der Waals surface area contributed by atoms with Gasteiger partial charge in [0.1, 0.15) is 16.8 Å². The zero-order valence-electron chi connectivity index (χ0n) is 12.3. The molecule has 0 aliphatic rings. The minimum Gasteiger partial charge on any atom is -0.339 e. The van der Waals surface area contributed by atoms with Crippen molar-refractivity contribution < 1.29 is 0 Å². The highest BCUT2D eigenvalue weighted by Gasteiger charge is 2.13. The van der Waals surface area contributed by atoms with Crippen LogP contribution in [0.25, 0.3) is 0 Å². The van der Waals surface area contributed by atoms with Crippen LogP contribution in [0, 0.1) is 13.8 Å². The molecule has 2 rings (SSSR count). The van der Waals surface area contributed by atoms with Gasteiger partial charge in [-0.25, -0.2) is 9.97 Å². The van der Waals surface area contributed by atoms with Crippen molar-refractivity contribution in [1.82, 2.24) is 9.97 Å². The number of aryl methyl sites for hydroxylation is 1. The van der Waals surface area contributed by atoms with E-state index in [1.54, 1.807) is 0 Å². The number of nitrogens with zero attached hydrogens (tertiary/aromatic N) is 2. The number of nitrogens with one attached hydrogen (secondary N) is 1. The van der Waals surface area contributed by atoms with E-state index in [-0.39, 0.29) is 5.92 Å². The lowest BCUT2D eigenvalue weighted by Crippen LogP contribution is -2.05. The first kappa shape index (κ1) is 16.5. The summed E-state index contributed by atoms with van der Waals surface area (Å²) in [7, 11) is 0. The van der Waals surface area contributed by atoms with E-state index >= 15 is 0 Å². The van der Waals surface area contributed by atoms with Gasteiger partial charge in [-0.15, -0.1) is 0 Å². The molecule has 112 valence electrons. The van der Waals surface area contributed by atoms with Crippen LogP contribution in [0.1, 0.15) is 36.7 Å². The van der Waals surface area contributed by atoms with Crippen molar-refractivity contribution in [3.05, 3.63) is 43.7 Å². The molecule has 1 N–H and O–H groups in total. The fourth-order valence-electron chi connectivity index (χ4n) is 1.76. The molecule has 0 spiro atoms. The summed E-state index contributed by atoms with van der Waals surface area (Å²) in [6.45, 7) is 7.91. The number of halogens is 3. The van der Waals surface area contributed by atoms with Gasteiger partial charge in [-0.05, 0) is 47.5 Å². The average Bonchev–Trinajstić information content (AvgIpc) is 2.40. The molecule has 0 aliphatic heterocycles. The summed E-state index contributed by atoms with van der Waals surface area (Å²) < 4.78 is 0.921. The Morgan fingerprint density at radius 1 is 1.14 bits per heavy atom. The lowest BCUT2D eigenvalue weighted by Gasteiger charge is -2.14. The largest absolute Gasteiger partial charge is 0.339 e. The number of rotatable bonds is 3. The lowest BCUT2D eigenvalue weighted by molar-refractivity contribution is 0.773. The molecule has 1 aromatic carbocycles. The van der Waals surface area contributed by atoms with Crippen molar-refractivity contribution in [2.24, 2.45) is 0 Å². The van der Waals surface area contributed by atoms with E-state index < -0.39 is 0 Å². The molecule has 3 nitrogen and oxygen atoms in total. The van der Waals surface area contributed by atoms with Crippen LogP contribution in [0.2, 0.25) is 10.2 Å². The maximum atomic E-state index is 6.20. The van der Waals surface area contributed by atoms with E-state index in [0.29, 0.717) is 21.8 Å². The zero-order valence-corrected chi connectivity index (χ0v) is 15.4. The number of benzene rings is 1. The third kappa shape index (κ3) is 3.68. The molecule has 0 unspecified atom stereocenters. The minimum atomic E-state index is 0.202. The van der Waals surface area contributed by atoms with Gasteiger partial charge in [0.05, 0.1) is 5.69 Å². The van der Waals surface area contributed by atoms with Crippen molar-refractivity contribution in [3.8, 4) is 0 Å². The van der Waals surface area contributed by atoms with Crippen molar-refractivity contribution in [3.63, 3.8) is 0 Å². The van der Waals surface area contributed by atoms with Crippen LogP contribution in [0.4, 0.5) is 11.5 Å². The standard InChI is InChI=1S/C15H16BrCl2N3/c1-7(2)14-20-13(18)9(4)15(21-14)19-12-6-11(17)8(3)5-10(12)16/h5-7H,1-4H3,(H,19,20,21). The van der Waals surface area contributed by atoms with Crippen LogP contribution in [-0.2, 0) is 0 Å². The first-order valence-electron chi connectivity index (χ1n) is 6.56. The minimum absolute atomic E-state index is 0.202. The third-order valence-corrected chi connectivity index (χ3v) is 4.55. The summed E-state index contributed by atoms with van der Waals surface area (Å²) in [6, 6.07) is 3.83. The van der Waals surface area contributed by atoms with Crippen molar-refractivity contribution in [2.75, 3.05) is 5.32 Å². The molecular weight excluding hydrogens is 373 g/mol. The van der Waals surface area contributed by atoms with Gasteiger partial charge >= 0.3 is 0 Å². The Morgan fingerprint density at radius 2 is 1.81 bits per heavy atom. The Bertz CT molecular complexity index is 687. The summed E-state index contributed by atoms with van der Waals surface area (Å²) in [5.41, 5.74) is 2.66. The Labute approximate surface area is 143 Å². The maximum Gasteiger partial charge on any atom is 0.138 e. The topological polar surface area (TPSA) is 37.8 Å². The Hall–Kier alpha value is -0.840. The van der Waals surface area contributed by atoms with Crippen molar-refractivity contribution in [1.29, 1.82) is 0 Å². The van der Waals surface area contributed by atoms with Gasteiger partial charge in [0, 0.05) is 21.0 Å². The number of hydrogen-bond donors (Lipinski definition) is 1. The summed E-state index contributed by atoms with van der Waals surface area (Å²) in [4.78, 5) is 8.86. The van der Waals surface area contributed by atoms with E-state index in [1.165, 1.54) is 0 Å². The van der Waals surface area contributed by atoms with Crippen molar-refractivity contribution >= 4 is 50.6 Å². The van der Waals surface area contributed by atoms with Crippen LogP contribution in [0.15, 0.2) is 16.6 Å². The molecule has 0 saturated heterocycles. The van der Waals surface area contributed by atoms with Gasteiger partial charge in [-0.3, -0.25) is 0 Å². The van der Waals surface area contributed by atoms with E-state index in [1.807, 2.05) is 39.8 Å². The molecule has 0 saturated carbocycles. The quantitative estimate of drug-likeness (QED) is 0.652. The maximum absolute atomic E-state index is 6.20. The molecule has 0 amide bonds. The molecule has 0 radical (unpaired) electrons. The van der Waals surface area contributed by atoms with Crippen LogP contribution in [0.5, 0.6) is 0 Å². The molecule has 1 aromatic heterocycles. The van der Waals surface area contributed by atoms with Gasteiger partial charge in [0.25, 0.3) is 0 Å². The highest BCUT2D eigenvalue weighted by atomic mass is 79.9. The first-order valence-corrected chi connectivity index (χ1v) is 8.11. The van der Waals surface area contributed by atoms with E-state index in [2.05, 4.69) is 31.2 Å². The van der Waals surface area contributed by atoms with E-state index in [4.69, 9.17) is 23.2 Å². The van der Waals surface area contributed by atoms with Crippen LogP contribution in [-0.4, -0.2) is 9.97 Å². The SMILES string of the molecule is Cc1cc(Br)c(Nc2nc(C(C)C)nc(Cl)c2C)cc1Cl. The normalized spacial score (nSPS) is 11.0. The highest BCUT2D eigenvalue weighted by molar-refractivity contribution is 9.10. The molecule has 21 heavy (non-hydrogen) atoms. The molecule has 0 aliphatic carbocycles.